The molecule has 1 N–H and O–H groups in total. The van der Waals surface area contributed by atoms with Crippen molar-refractivity contribution in [3.63, 3.8) is 0 Å². The molecule has 1 aliphatic rings. The fraction of sp³-hybridized carbons (Fsp3) is 0.667. The third kappa shape index (κ3) is 11.7. The van der Waals surface area contributed by atoms with Crippen LogP contribution in [0.25, 0.3) is 0 Å². The number of piperidine rings is 1. The van der Waals surface area contributed by atoms with E-state index in [0.717, 1.165) is 13.0 Å². The Hall–Kier alpha value is -2.07. The van der Waals surface area contributed by atoms with Crippen LogP contribution in [0.2, 0.25) is 0 Å². The van der Waals surface area contributed by atoms with E-state index in [9.17, 15) is 4.79 Å². The Morgan fingerprint density at radius 3 is 2.14 bits per heavy atom. The van der Waals surface area contributed by atoms with Crippen LogP contribution in [0.15, 0.2) is 0 Å². The van der Waals surface area contributed by atoms with E-state index in [1.54, 1.807) is 0 Å². The summed E-state index contributed by atoms with van der Waals surface area (Å²) in [6.07, 6.45) is 5.46. The Bertz CT molecular complexity index is 407. The quantitative estimate of drug-likeness (QED) is 0.469. The third-order valence-corrected chi connectivity index (χ3v) is 2.89. The number of aliphatic carboxylic acids is 2. The third-order valence-electron chi connectivity index (χ3n) is 2.89. The van der Waals surface area contributed by atoms with Crippen molar-refractivity contribution in [1.82, 2.24) is 10.2 Å². The average Bonchev–Trinajstić information content (AvgIpc) is 2.49. The molecule has 1 fully saturated rings. The largest absolute Gasteiger partial charge is 0.543 e. The number of carbonyl (C=O) groups excluding carboxylic acids is 3. The van der Waals surface area contributed by atoms with Crippen molar-refractivity contribution < 1.29 is 24.6 Å². The first-order chi connectivity index (χ1) is 10.5. The molecule has 22 heavy (non-hydrogen) atoms. The first-order valence-electron chi connectivity index (χ1n) is 7.34. The van der Waals surface area contributed by atoms with Gasteiger partial charge in [-0.3, -0.25) is 9.69 Å². The standard InChI is InChI=1S/C13H22N2O.C2H2O4/c1-2-8-13(16)14-9-4-7-12-15-10-5-3-6-11-15;3-1(4)2(5)6/h2-3,5-6,8-12H2,1H3,(H,14,16);(H,3,4)(H,5,6)/p-2. The van der Waals surface area contributed by atoms with Crippen LogP contribution in [0.5, 0.6) is 0 Å². The second kappa shape index (κ2) is 12.7. The normalized spacial score (nSPS) is 13.9. The van der Waals surface area contributed by atoms with E-state index in [4.69, 9.17) is 19.8 Å². The molecular formula is C15H22N2O5-2. The van der Waals surface area contributed by atoms with Crippen LogP contribution < -0.4 is 15.5 Å². The molecule has 0 atom stereocenters. The van der Waals surface area contributed by atoms with Gasteiger partial charge in [0, 0.05) is 6.42 Å². The lowest BCUT2D eigenvalue weighted by molar-refractivity contribution is -0.345. The van der Waals surface area contributed by atoms with Gasteiger partial charge >= 0.3 is 0 Å². The van der Waals surface area contributed by atoms with Crippen molar-refractivity contribution in [2.75, 3.05) is 26.2 Å². The van der Waals surface area contributed by atoms with Crippen LogP contribution in [0.3, 0.4) is 0 Å². The summed E-state index contributed by atoms with van der Waals surface area (Å²) in [5, 5.41) is 20.6. The van der Waals surface area contributed by atoms with E-state index in [-0.39, 0.29) is 5.91 Å². The second-order valence-electron chi connectivity index (χ2n) is 4.79. The van der Waals surface area contributed by atoms with Gasteiger partial charge in [0.1, 0.15) is 0 Å². The summed E-state index contributed by atoms with van der Waals surface area (Å²) < 4.78 is 0. The monoisotopic (exact) mass is 310 g/mol. The zero-order valence-electron chi connectivity index (χ0n) is 12.9. The SMILES string of the molecule is CCCC(=O)NCC#CCN1CCCCC1.O=C([O-])C(=O)[O-]. The van der Waals surface area contributed by atoms with E-state index >= 15 is 0 Å². The summed E-state index contributed by atoms with van der Waals surface area (Å²) in [6, 6.07) is 0. The van der Waals surface area contributed by atoms with E-state index in [2.05, 4.69) is 22.1 Å². The lowest BCUT2D eigenvalue weighted by Crippen LogP contribution is -2.42. The first kappa shape index (κ1) is 19.9. The topological polar surface area (TPSA) is 113 Å². The molecular weight excluding hydrogens is 288 g/mol. The molecule has 1 heterocycles. The summed E-state index contributed by atoms with van der Waals surface area (Å²) >= 11 is 0. The van der Waals surface area contributed by atoms with Crippen LogP contribution in [0.4, 0.5) is 0 Å². The lowest BCUT2D eigenvalue weighted by atomic mass is 10.1. The Labute approximate surface area is 130 Å². The van der Waals surface area contributed by atoms with Crippen LogP contribution in [0.1, 0.15) is 39.0 Å². The summed E-state index contributed by atoms with van der Waals surface area (Å²) in [5.74, 6) is 1.85. The molecule has 1 amide bonds. The molecule has 1 aliphatic heterocycles. The van der Waals surface area contributed by atoms with E-state index < -0.39 is 11.9 Å². The van der Waals surface area contributed by atoms with E-state index in [1.807, 2.05) is 6.92 Å². The van der Waals surface area contributed by atoms with Gasteiger partial charge in [0.05, 0.1) is 25.0 Å². The number of carboxylic acid groups (broad SMARTS) is 2. The highest BCUT2D eigenvalue weighted by atomic mass is 16.4. The maximum Gasteiger partial charge on any atom is 0.220 e. The summed E-state index contributed by atoms with van der Waals surface area (Å²) in [5.41, 5.74) is 0. The second-order valence-corrected chi connectivity index (χ2v) is 4.79. The van der Waals surface area contributed by atoms with Gasteiger partial charge < -0.3 is 25.1 Å². The van der Waals surface area contributed by atoms with Crippen molar-refractivity contribution in [2.24, 2.45) is 0 Å². The Kier molecular flexibility index (Phi) is 11.5. The van der Waals surface area contributed by atoms with Crippen LogP contribution in [-0.4, -0.2) is 48.9 Å². The minimum Gasteiger partial charge on any atom is -0.543 e. The molecule has 1 rings (SSSR count). The molecule has 7 heteroatoms. The molecule has 0 aromatic rings. The van der Waals surface area contributed by atoms with Crippen LogP contribution >= 0.6 is 0 Å². The maximum atomic E-state index is 11.1. The Morgan fingerprint density at radius 1 is 1.05 bits per heavy atom. The van der Waals surface area contributed by atoms with E-state index in [0.29, 0.717) is 13.0 Å². The summed E-state index contributed by atoms with van der Waals surface area (Å²) in [4.78, 5) is 31.3. The minimum atomic E-state index is -2.19. The van der Waals surface area contributed by atoms with Crippen molar-refractivity contribution in [3.8, 4) is 11.8 Å². The molecule has 0 spiro atoms. The Morgan fingerprint density at radius 2 is 1.64 bits per heavy atom. The molecule has 0 aromatic heterocycles. The van der Waals surface area contributed by atoms with Crippen molar-refractivity contribution >= 4 is 17.8 Å². The zero-order valence-corrected chi connectivity index (χ0v) is 12.9. The van der Waals surface area contributed by atoms with Gasteiger partial charge in [0.15, 0.2) is 0 Å². The smallest absolute Gasteiger partial charge is 0.220 e. The van der Waals surface area contributed by atoms with Gasteiger partial charge in [-0.05, 0) is 32.4 Å². The highest BCUT2D eigenvalue weighted by Gasteiger charge is 2.07. The van der Waals surface area contributed by atoms with Gasteiger partial charge in [-0.25, -0.2) is 0 Å². The van der Waals surface area contributed by atoms with Gasteiger partial charge in [-0.15, -0.1) is 0 Å². The number of hydrogen-bond donors (Lipinski definition) is 1. The molecule has 0 aliphatic carbocycles. The fourth-order valence-corrected chi connectivity index (χ4v) is 1.81. The zero-order chi connectivity index (χ0) is 16.8. The number of nitrogens with one attached hydrogen (secondary N) is 1. The van der Waals surface area contributed by atoms with Gasteiger partial charge in [0.25, 0.3) is 0 Å². The maximum absolute atomic E-state index is 11.1. The predicted octanol–water partition coefficient (Wildman–Crippen LogP) is -2.12. The van der Waals surface area contributed by atoms with Gasteiger partial charge in [-0.1, -0.05) is 25.2 Å². The predicted molar refractivity (Wildman–Crippen MR) is 76.0 cm³/mol. The van der Waals surface area contributed by atoms with Crippen LogP contribution in [-0.2, 0) is 14.4 Å². The first-order valence-corrected chi connectivity index (χ1v) is 7.34. The summed E-state index contributed by atoms with van der Waals surface area (Å²) in [7, 11) is 0. The Balaban J connectivity index is 0.000000626. The van der Waals surface area contributed by atoms with Crippen molar-refractivity contribution in [1.29, 1.82) is 0 Å². The van der Waals surface area contributed by atoms with Crippen molar-refractivity contribution in [3.05, 3.63) is 0 Å². The van der Waals surface area contributed by atoms with Gasteiger partial charge in [0.2, 0.25) is 5.91 Å². The van der Waals surface area contributed by atoms with Crippen LogP contribution in [0, 0.1) is 11.8 Å². The number of hydrogen-bond acceptors (Lipinski definition) is 6. The molecule has 0 bridgehead atoms. The number of carboxylic acids is 2. The number of nitrogens with zero attached hydrogens (tertiary/aromatic N) is 1. The molecule has 124 valence electrons. The molecule has 7 nitrogen and oxygen atoms in total. The number of likely N-dealkylation sites (tertiary alicyclic amines) is 1. The number of rotatable bonds is 4. The summed E-state index contributed by atoms with van der Waals surface area (Å²) in [6.45, 7) is 5.70. The molecule has 1 saturated heterocycles. The number of amides is 1. The number of carbonyl (C=O) groups is 3. The lowest BCUT2D eigenvalue weighted by Gasteiger charge is -2.23. The molecule has 0 saturated carbocycles. The van der Waals surface area contributed by atoms with Gasteiger partial charge in [-0.2, -0.15) is 0 Å². The molecule has 0 unspecified atom stereocenters. The average molecular weight is 310 g/mol. The minimum absolute atomic E-state index is 0.106. The highest BCUT2D eigenvalue weighted by molar-refractivity contribution is 6.25. The van der Waals surface area contributed by atoms with Crippen molar-refractivity contribution in [2.45, 2.75) is 39.0 Å². The van der Waals surface area contributed by atoms with E-state index in [1.165, 1.54) is 32.4 Å². The molecule has 0 aromatic carbocycles. The molecule has 0 radical (unpaired) electrons. The fourth-order valence-electron chi connectivity index (χ4n) is 1.81. The highest BCUT2D eigenvalue weighted by Crippen LogP contribution is 2.06.